The van der Waals surface area contributed by atoms with Gasteiger partial charge in [0.1, 0.15) is 18.0 Å². The maximum Gasteiger partial charge on any atom is 0.139 e. The van der Waals surface area contributed by atoms with Gasteiger partial charge in [0.2, 0.25) is 0 Å². The van der Waals surface area contributed by atoms with E-state index in [-0.39, 0.29) is 0 Å². The van der Waals surface area contributed by atoms with Crippen molar-refractivity contribution >= 4 is 17.3 Å². The van der Waals surface area contributed by atoms with Crippen LogP contribution in [0, 0.1) is 0 Å². The molecule has 0 saturated carbocycles. The molecule has 104 valence electrons. The van der Waals surface area contributed by atoms with E-state index in [2.05, 4.69) is 45.7 Å². The fourth-order valence-electron chi connectivity index (χ4n) is 2.86. The minimum atomic E-state index is 0.893. The van der Waals surface area contributed by atoms with E-state index in [1.54, 1.807) is 6.33 Å². The molecule has 0 bridgehead atoms. The SMILES string of the molecule is CCc1c(NC)ncnc1Nc1ccc2c(c1)CCC2. The van der Waals surface area contributed by atoms with E-state index in [1.165, 1.54) is 30.4 Å². The van der Waals surface area contributed by atoms with Crippen LogP contribution < -0.4 is 10.6 Å². The van der Waals surface area contributed by atoms with Gasteiger partial charge in [-0.25, -0.2) is 9.97 Å². The van der Waals surface area contributed by atoms with Crippen molar-refractivity contribution in [2.45, 2.75) is 32.6 Å². The lowest BCUT2D eigenvalue weighted by molar-refractivity contribution is 0.912. The summed E-state index contributed by atoms with van der Waals surface area (Å²) in [6, 6.07) is 6.63. The summed E-state index contributed by atoms with van der Waals surface area (Å²) < 4.78 is 0. The van der Waals surface area contributed by atoms with Crippen LogP contribution in [0.3, 0.4) is 0 Å². The Hall–Kier alpha value is -2.10. The molecule has 0 saturated heterocycles. The van der Waals surface area contributed by atoms with Gasteiger partial charge in [0.05, 0.1) is 0 Å². The number of hydrogen-bond acceptors (Lipinski definition) is 4. The number of anilines is 3. The number of rotatable bonds is 4. The second-order valence-corrected chi connectivity index (χ2v) is 5.12. The smallest absolute Gasteiger partial charge is 0.139 e. The molecule has 20 heavy (non-hydrogen) atoms. The first kappa shape index (κ1) is 12.9. The Bertz CT molecular complexity index is 622. The Balaban J connectivity index is 1.91. The number of nitrogens with one attached hydrogen (secondary N) is 2. The summed E-state index contributed by atoms with van der Waals surface area (Å²) in [7, 11) is 1.89. The third-order valence-corrected chi connectivity index (χ3v) is 3.90. The van der Waals surface area contributed by atoms with E-state index in [1.807, 2.05) is 7.05 Å². The molecule has 0 radical (unpaired) electrons. The second-order valence-electron chi connectivity index (χ2n) is 5.12. The molecule has 0 aliphatic heterocycles. The first-order valence-corrected chi connectivity index (χ1v) is 7.22. The number of aromatic nitrogens is 2. The number of fused-ring (bicyclic) bond motifs is 1. The fraction of sp³-hybridized carbons (Fsp3) is 0.375. The number of benzene rings is 1. The summed E-state index contributed by atoms with van der Waals surface area (Å²) in [6.07, 6.45) is 6.17. The lowest BCUT2D eigenvalue weighted by Crippen LogP contribution is -2.05. The average Bonchev–Trinajstić information content (AvgIpc) is 2.94. The second kappa shape index (κ2) is 5.49. The standard InChI is InChI=1S/C16H20N4/c1-3-14-15(17-2)18-10-19-16(14)20-13-8-7-11-5-4-6-12(11)9-13/h7-10H,3-6H2,1-2H3,(H2,17,18,19,20). The molecule has 2 aromatic rings. The Morgan fingerprint density at radius 1 is 1.10 bits per heavy atom. The number of hydrogen-bond donors (Lipinski definition) is 2. The predicted octanol–water partition coefficient (Wildman–Crippen LogP) is 3.31. The maximum absolute atomic E-state index is 4.38. The van der Waals surface area contributed by atoms with Gasteiger partial charge in [0, 0.05) is 18.3 Å². The van der Waals surface area contributed by atoms with E-state index in [0.29, 0.717) is 0 Å². The summed E-state index contributed by atoms with van der Waals surface area (Å²) in [5.74, 6) is 1.79. The summed E-state index contributed by atoms with van der Waals surface area (Å²) in [4.78, 5) is 8.65. The van der Waals surface area contributed by atoms with Crippen molar-refractivity contribution in [1.82, 2.24) is 9.97 Å². The molecule has 0 atom stereocenters. The fourth-order valence-corrected chi connectivity index (χ4v) is 2.86. The summed E-state index contributed by atoms with van der Waals surface area (Å²) in [5, 5.41) is 6.56. The lowest BCUT2D eigenvalue weighted by Gasteiger charge is -2.13. The molecule has 1 heterocycles. The van der Waals surface area contributed by atoms with Crippen LogP contribution in [0.25, 0.3) is 0 Å². The van der Waals surface area contributed by atoms with Crippen molar-refractivity contribution in [3.63, 3.8) is 0 Å². The van der Waals surface area contributed by atoms with E-state index in [4.69, 9.17) is 0 Å². The van der Waals surface area contributed by atoms with E-state index >= 15 is 0 Å². The topological polar surface area (TPSA) is 49.8 Å². The molecule has 1 aliphatic rings. The maximum atomic E-state index is 4.38. The molecule has 0 unspecified atom stereocenters. The zero-order valence-electron chi connectivity index (χ0n) is 12.0. The molecule has 1 aromatic carbocycles. The van der Waals surface area contributed by atoms with Crippen LogP contribution in [-0.4, -0.2) is 17.0 Å². The molecular weight excluding hydrogens is 248 g/mol. The quantitative estimate of drug-likeness (QED) is 0.893. The third-order valence-electron chi connectivity index (χ3n) is 3.90. The van der Waals surface area contributed by atoms with Gasteiger partial charge >= 0.3 is 0 Å². The van der Waals surface area contributed by atoms with Crippen LogP contribution in [0.1, 0.15) is 30.0 Å². The number of nitrogens with zero attached hydrogens (tertiary/aromatic N) is 2. The molecule has 0 fully saturated rings. The third kappa shape index (κ3) is 2.33. The molecule has 1 aliphatic carbocycles. The van der Waals surface area contributed by atoms with E-state index in [9.17, 15) is 0 Å². The lowest BCUT2D eigenvalue weighted by atomic mass is 10.1. The van der Waals surface area contributed by atoms with E-state index < -0.39 is 0 Å². The summed E-state index contributed by atoms with van der Waals surface area (Å²) in [6.45, 7) is 2.12. The zero-order chi connectivity index (χ0) is 13.9. The highest BCUT2D eigenvalue weighted by Gasteiger charge is 2.12. The molecule has 0 amide bonds. The van der Waals surface area contributed by atoms with Crippen LogP contribution >= 0.6 is 0 Å². The Morgan fingerprint density at radius 3 is 2.70 bits per heavy atom. The molecule has 0 spiro atoms. The van der Waals surface area contributed by atoms with Crippen LogP contribution in [-0.2, 0) is 19.3 Å². The van der Waals surface area contributed by atoms with Gasteiger partial charge in [-0.15, -0.1) is 0 Å². The van der Waals surface area contributed by atoms with Gasteiger partial charge in [0.25, 0.3) is 0 Å². The largest absolute Gasteiger partial charge is 0.373 e. The summed E-state index contributed by atoms with van der Waals surface area (Å²) in [5.41, 5.74) is 5.19. The Labute approximate surface area is 119 Å². The molecule has 4 heteroatoms. The van der Waals surface area contributed by atoms with Crippen molar-refractivity contribution in [3.05, 3.63) is 41.2 Å². The van der Waals surface area contributed by atoms with Gasteiger partial charge in [-0.2, -0.15) is 0 Å². The van der Waals surface area contributed by atoms with Gasteiger partial charge < -0.3 is 10.6 Å². The van der Waals surface area contributed by atoms with E-state index in [0.717, 1.165) is 29.3 Å². The average molecular weight is 268 g/mol. The first-order valence-electron chi connectivity index (χ1n) is 7.22. The van der Waals surface area contributed by atoms with Gasteiger partial charge in [0.15, 0.2) is 0 Å². The summed E-state index contributed by atoms with van der Waals surface area (Å²) >= 11 is 0. The van der Waals surface area contributed by atoms with Gasteiger partial charge in [-0.05, 0) is 48.9 Å². The van der Waals surface area contributed by atoms with Gasteiger partial charge in [-0.3, -0.25) is 0 Å². The van der Waals surface area contributed by atoms with Crippen molar-refractivity contribution in [2.24, 2.45) is 0 Å². The van der Waals surface area contributed by atoms with Crippen LogP contribution in [0.2, 0.25) is 0 Å². The van der Waals surface area contributed by atoms with Crippen LogP contribution in [0.5, 0.6) is 0 Å². The highest BCUT2D eigenvalue weighted by Crippen LogP contribution is 2.28. The predicted molar refractivity (Wildman–Crippen MR) is 82.7 cm³/mol. The molecule has 3 rings (SSSR count). The molecule has 1 aromatic heterocycles. The molecular formula is C16H20N4. The van der Waals surface area contributed by atoms with Crippen molar-refractivity contribution < 1.29 is 0 Å². The Morgan fingerprint density at radius 2 is 1.90 bits per heavy atom. The van der Waals surface area contributed by atoms with Crippen LogP contribution in [0.15, 0.2) is 24.5 Å². The first-order chi connectivity index (χ1) is 9.81. The Kier molecular flexibility index (Phi) is 3.54. The monoisotopic (exact) mass is 268 g/mol. The van der Waals surface area contributed by atoms with Crippen LogP contribution in [0.4, 0.5) is 17.3 Å². The van der Waals surface area contributed by atoms with Crippen molar-refractivity contribution in [3.8, 4) is 0 Å². The minimum Gasteiger partial charge on any atom is -0.373 e. The minimum absolute atomic E-state index is 0.893. The zero-order valence-corrected chi connectivity index (χ0v) is 12.0. The highest BCUT2D eigenvalue weighted by molar-refractivity contribution is 5.65. The van der Waals surface area contributed by atoms with Gasteiger partial charge in [-0.1, -0.05) is 13.0 Å². The van der Waals surface area contributed by atoms with Crippen molar-refractivity contribution in [2.75, 3.05) is 17.7 Å². The molecule has 2 N–H and O–H groups in total. The highest BCUT2D eigenvalue weighted by atomic mass is 15.1. The molecule has 4 nitrogen and oxygen atoms in total. The van der Waals surface area contributed by atoms with Crippen molar-refractivity contribution in [1.29, 1.82) is 0 Å². The number of aryl methyl sites for hydroxylation is 2. The normalized spacial score (nSPS) is 13.1.